The van der Waals surface area contributed by atoms with E-state index >= 15 is 0 Å². The lowest BCUT2D eigenvalue weighted by atomic mass is 9.43. The Morgan fingerprint density at radius 1 is 1.00 bits per heavy atom. The largest absolute Gasteiger partial charge is 0.393 e. The zero-order valence-electron chi connectivity index (χ0n) is 14.7. The van der Waals surface area contributed by atoms with Gasteiger partial charge in [0.25, 0.3) is 0 Å². The highest BCUT2D eigenvalue weighted by molar-refractivity contribution is 5.93. The van der Waals surface area contributed by atoms with E-state index in [2.05, 4.69) is 20.8 Å². The van der Waals surface area contributed by atoms with Gasteiger partial charge in [0.15, 0.2) is 11.4 Å². The molecule has 1 aliphatic heterocycles. The van der Waals surface area contributed by atoms with Crippen molar-refractivity contribution in [3.63, 3.8) is 0 Å². The maximum Gasteiger partial charge on any atom is 0.167 e. The standard InChI is InChI=1S/C20H30O3/c1-17-9-7-14-12(13(17)4-5-15(17)21)6-11-20-18(14,2)10-8-16(22)19(20,3)23-20/h12-15,21H,4-11H2,1-3H3/t12-,13-,14-,15-,17-,18+,19-,20-/m0/s1. The lowest BCUT2D eigenvalue weighted by Crippen LogP contribution is -2.60. The summed E-state index contributed by atoms with van der Waals surface area (Å²) in [6.07, 6.45) is 8.38. The van der Waals surface area contributed by atoms with E-state index in [1.54, 1.807) is 0 Å². The van der Waals surface area contributed by atoms with Crippen LogP contribution in [-0.4, -0.2) is 28.2 Å². The lowest BCUT2D eigenvalue weighted by molar-refractivity contribution is -0.137. The number of Topliss-reactive ketones (excluding diaryl/α,β-unsaturated/α-hetero) is 1. The number of fused-ring (bicyclic) bond motifs is 4. The summed E-state index contributed by atoms with van der Waals surface area (Å²) in [6.45, 7) is 6.81. The Kier molecular flexibility index (Phi) is 2.62. The van der Waals surface area contributed by atoms with Gasteiger partial charge in [0, 0.05) is 11.8 Å². The van der Waals surface area contributed by atoms with Crippen LogP contribution in [-0.2, 0) is 9.53 Å². The number of rotatable bonds is 0. The van der Waals surface area contributed by atoms with Crippen molar-refractivity contribution in [1.29, 1.82) is 0 Å². The van der Waals surface area contributed by atoms with E-state index in [4.69, 9.17) is 4.74 Å². The van der Waals surface area contributed by atoms with Crippen LogP contribution in [0.4, 0.5) is 0 Å². The summed E-state index contributed by atoms with van der Waals surface area (Å²) in [5.74, 6) is 2.41. The Morgan fingerprint density at radius 2 is 1.78 bits per heavy atom. The smallest absolute Gasteiger partial charge is 0.167 e. The molecule has 1 heterocycles. The van der Waals surface area contributed by atoms with Crippen LogP contribution < -0.4 is 0 Å². The molecule has 0 amide bonds. The summed E-state index contributed by atoms with van der Waals surface area (Å²) in [5.41, 5.74) is -0.351. The van der Waals surface area contributed by atoms with Gasteiger partial charge >= 0.3 is 0 Å². The number of epoxide rings is 1. The third-order valence-electron chi connectivity index (χ3n) is 9.47. The molecule has 128 valence electrons. The Labute approximate surface area is 139 Å². The minimum atomic E-state index is -0.485. The number of ketones is 1. The number of aliphatic hydroxyl groups excluding tert-OH is 1. The van der Waals surface area contributed by atoms with Gasteiger partial charge in [0.05, 0.1) is 6.10 Å². The Bertz CT molecular complexity index is 587. The highest BCUT2D eigenvalue weighted by atomic mass is 16.6. The number of ether oxygens (including phenoxy) is 1. The van der Waals surface area contributed by atoms with Crippen molar-refractivity contribution in [2.75, 3.05) is 0 Å². The van der Waals surface area contributed by atoms with Gasteiger partial charge in [-0.3, -0.25) is 4.79 Å². The Morgan fingerprint density at radius 3 is 2.57 bits per heavy atom. The first-order chi connectivity index (χ1) is 10.8. The molecule has 0 bridgehead atoms. The number of carbonyl (C=O) groups excluding carboxylic acids is 1. The molecule has 5 fully saturated rings. The van der Waals surface area contributed by atoms with Crippen LogP contribution in [0, 0.1) is 28.6 Å². The van der Waals surface area contributed by atoms with Gasteiger partial charge in [-0.1, -0.05) is 13.8 Å². The molecular weight excluding hydrogens is 288 g/mol. The topological polar surface area (TPSA) is 49.8 Å². The molecule has 0 aromatic carbocycles. The van der Waals surface area contributed by atoms with Gasteiger partial charge in [-0.2, -0.15) is 0 Å². The van der Waals surface area contributed by atoms with Crippen molar-refractivity contribution in [2.45, 2.75) is 89.4 Å². The predicted molar refractivity (Wildman–Crippen MR) is 86.9 cm³/mol. The summed E-state index contributed by atoms with van der Waals surface area (Å²) in [7, 11) is 0. The van der Waals surface area contributed by atoms with E-state index in [0.29, 0.717) is 24.0 Å². The Balaban J connectivity index is 1.53. The van der Waals surface area contributed by atoms with E-state index in [0.717, 1.165) is 31.6 Å². The molecule has 0 aromatic rings. The van der Waals surface area contributed by atoms with Gasteiger partial charge in [-0.25, -0.2) is 0 Å². The van der Waals surface area contributed by atoms with E-state index in [9.17, 15) is 9.90 Å². The van der Waals surface area contributed by atoms with E-state index in [1.807, 2.05) is 0 Å². The second kappa shape index (κ2) is 4.04. The summed E-state index contributed by atoms with van der Waals surface area (Å²) >= 11 is 0. The van der Waals surface area contributed by atoms with Gasteiger partial charge in [0.2, 0.25) is 0 Å². The van der Waals surface area contributed by atoms with E-state index in [1.165, 1.54) is 19.3 Å². The first-order valence-electron chi connectivity index (χ1n) is 9.70. The molecule has 8 atom stereocenters. The van der Waals surface area contributed by atoms with Crippen molar-refractivity contribution in [3.05, 3.63) is 0 Å². The average molecular weight is 318 g/mol. The third kappa shape index (κ3) is 1.41. The summed E-state index contributed by atoms with van der Waals surface area (Å²) < 4.78 is 6.28. The summed E-state index contributed by atoms with van der Waals surface area (Å²) in [5, 5.41) is 10.5. The minimum Gasteiger partial charge on any atom is -0.393 e. The number of carbonyl (C=O) groups is 1. The molecule has 1 saturated heterocycles. The third-order valence-corrected chi connectivity index (χ3v) is 9.47. The maximum atomic E-state index is 12.4. The molecule has 3 heteroatoms. The van der Waals surface area contributed by atoms with Crippen LogP contribution in [0.25, 0.3) is 0 Å². The lowest BCUT2D eigenvalue weighted by Gasteiger charge is -2.59. The first-order valence-corrected chi connectivity index (χ1v) is 9.70. The van der Waals surface area contributed by atoms with Crippen LogP contribution >= 0.6 is 0 Å². The summed E-state index contributed by atoms with van der Waals surface area (Å²) in [4.78, 5) is 12.4. The molecular formula is C20H30O3. The van der Waals surface area contributed by atoms with Gasteiger partial charge in [-0.05, 0) is 75.0 Å². The fraction of sp³-hybridized carbons (Fsp3) is 0.950. The van der Waals surface area contributed by atoms with E-state index < -0.39 is 5.60 Å². The maximum absolute atomic E-state index is 12.4. The van der Waals surface area contributed by atoms with Crippen molar-refractivity contribution in [1.82, 2.24) is 0 Å². The molecule has 5 aliphatic rings. The van der Waals surface area contributed by atoms with Crippen LogP contribution in [0.2, 0.25) is 0 Å². The van der Waals surface area contributed by atoms with Crippen LogP contribution in [0.3, 0.4) is 0 Å². The predicted octanol–water partition coefficient (Wildman–Crippen LogP) is 3.48. The molecule has 4 saturated carbocycles. The van der Waals surface area contributed by atoms with Crippen LogP contribution in [0.5, 0.6) is 0 Å². The van der Waals surface area contributed by atoms with Crippen LogP contribution in [0.15, 0.2) is 0 Å². The molecule has 5 rings (SSSR count). The van der Waals surface area contributed by atoms with Crippen molar-refractivity contribution in [2.24, 2.45) is 28.6 Å². The SMILES string of the molecule is C[C@]12CC[C@H]3[C@@H](CC[C@@]45O[C@@]4(C)C(=O)CC[C@]35C)[C@@H]1CC[C@@H]2O. The van der Waals surface area contributed by atoms with E-state index in [-0.39, 0.29) is 22.5 Å². The van der Waals surface area contributed by atoms with Crippen molar-refractivity contribution in [3.8, 4) is 0 Å². The number of hydrogen-bond donors (Lipinski definition) is 1. The fourth-order valence-corrected chi connectivity index (χ4v) is 7.96. The quantitative estimate of drug-likeness (QED) is 0.696. The second-order valence-corrected chi connectivity index (χ2v) is 9.86. The normalized spacial score (nSPS) is 63.7. The minimum absolute atomic E-state index is 0.104. The summed E-state index contributed by atoms with van der Waals surface area (Å²) in [6, 6.07) is 0. The van der Waals surface area contributed by atoms with Gasteiger partial charge in [0.1, 0.15) is 5.60 Å². The second-order valence-electron chi connectivity index (χ2n) is 9.86. The molecule has 0 unspecified atom stereocenters. The molecule has 3 nitrogen and oxygen atoms in total. The zero-order valence-corrected chi connectivity index (χ0v) is 14.7. The van der Waals surface area contributed by atoms with Gasteiger partial charge < -0.3 is 9.84 Å². The van der Waals surface area contributed by atoms with Gasteiger partial charge in [-0.15, -0.1) is 0 Å². The number of hydrogen-bond acceptors (Lipinski definition) is 3. The Hall–Kier alpha value is -0.410. The monoisotopic (exact) mass is 318 g/mol. The number of aliphatic hydroxyl groups is 1. The molecule has 0 aromatic heterocycles. The molecule has 0 radical (unpaired) electrons. The molecule has 4 aliphatic carbocycles. The zero-order chi connectivity index (χ0) is 16.3. The highest BCUT2D eigenvalue weighted by Crippen LogP contribution is 2.75. The van der Waals surface area contributed by atoms with Crippen LogP contribution in [0.1, 0.15) is 72.1 Å². The average Bonchev–Trinajstić information content (AvgIpc) is 3.05. The molecule has 1 N–H and O–H groups in total. The van der Waals surface area contributed by atoms with Crippen molar-refractivity contribution < 1.29 is 14.6 Å². The fourth-order valence-electron chi connectivity index (χ4n) is 7.96. The molecule has 23 heavy (non-hydrogen) atoms. The first kappa shape index (κ1) is 14.9. The highest BCUT2D eigenvalue weighted by Gasteiger charge is 2.82. The van der Waals surface area contributed by atoms with Crippen molar-refractivity contribution >= 4 is 5.78 Å². The molecule has 1 spiro atoms.